The standard InChI is InChI=1S/C14H20N4/c1-10(2)11-7-12(8-11)15-9-14-17-16-13-5-3-4-6-18(13)14/h3-6,10-12,15H,7-9H2,1-2H3. The Morgan fingerprint density at radius 2 is 2.17 bits per heavy atom. The molecule has 96 valence electrons. The SMILES string of the molecule is CC(C)C1CC(NCc2nnc3ccccn23)C1. The van der Waals surface area contributed by atoms with Gasteiger partial charge in [0.2, 0.25) is 0 Å². The van der Waals surface area contributed by atoms with E-state index in [9.17, 15) is 0 Å². The first kappa shape index (κ1) is 11.7. The van der Waals surface area contributed by atoms with Crippen LogP contribution in [0.5, 0.6) is 0 Å². The van der Waals surface area contributed by atoms with Crippen LogP contribution in [0.3, 0.4) is 0 Å². The van der Waals surface area contributed by atoms with E-state index in [1.165, 1.54) is 12.8 Å². The lowest BCUT2D eigenvalue weighted by molar-refractivity contribution is 0.167. The van der Waals surface area contributed by atoms with Gasteiger partial charge >= 0.3 is 0 Å². The summed E-state index contributed by atoms with van der Waals surface area (Å²) in [6.07, 6.45) is 4.62. The molecule has 1 saturated carbocycles. The molecule has 0 bridgehead atoms. The van der Waals surface area contributed by atoms with Gasteiger partial charge < -0.3 is 5.32 Å². The summed E-state index contributed by atoms with van der Waals surface area (Å²) in [5.74, 6) is 2.72. The third-order valence-corrected chi connectivity index (χ3v) is 4.05. The summed E-state index contributed by atoms with van der Waals surface area (Å²) in [4.78, 5) is 0. The Hall–Kier alpha value is -1.42. The van der Waals surface area contributed by atoms with Crippen LogP contribution in [0.25, 0.3) is 5.65 Å². The molecule has 0 radical (unpaired) electrons. The number of hydrogen-bond donors (Lipinski definition) is 1. The van der Waals surface area contributed by atoms with E-state index >= 15 is 0 Å². The van der Waals surface area contributed by atoms with Gasteiger partial charge in [0.15, 0.2) is 11.5 Å². The molecule has 1 fully saturated rings. The van der Waals surface area contributed by atoms with E-state index in [0.717, 1.165) is 29.9 Å². The van der Waals surface area contributed by atoms with Gasteiger partial charge in [0.1, 0.15) is 0 Å². The Bertz CT molecular complexity index is 525. The summed E-state index contributed by atoms with van der Waals surface area (Å²) in [6.45, 7) is 5.43. The smallest absolute Gasteiger partial charge is 0.160 e. The zero-order chi connectivity index (χ0) is 12.5. The van der Waals surface area contributed by atoms with Gasteiger partial charge in [-0.2, -0.15) is 0 Å². The van der Waals surface area contributed by atoms with Crippen LogP contribution in [0.1, 0.15) is 32.5 Å². The van der Waals surface area contributed by atoms with Crippen molar-refractivity contribution in [1.29, 1.82) is 0 Å². The molecule has 1 aliphatic rings. The lowest BCUT2D eigenvalue weighted by Crippen LogP contribution is -2.42. The number of pyridine rings is 1. The van der Waals surface area contributed by atoms with Crippen molar-refractivity contribution in [2.24, 2.45) is 11.8 Å². The minimum absolute atomic E-state index is 0.661. The minimum atomic E-state index is 0.661. The first-order chi connectivity index (χ1) is 8.74. The summed E-state index contributed by atoms with van der Waals surface area (Å²) in [7, 11) is 0. The highest BCUT2D eigenvalue weighted by atomic mass is 15.3. The van der Waals surface area contributed by atoms with Gasteiger partial charge in [0, 0.05) is 12.2 Å². The van der Waals surface area contributed by atoms with Crippen molar-refractivity contribution in [2.45, 2.75) is 39.3 Å². The molecular weight excluding hydrogens is 224 g/mol. The number of nitrogens with zero attached hydrogens (tertiary/aromatic N) is 3. The van der Waals surface area contributed by atoms with Crippen molar-refractivity contribution in [3.05, 3.63) is 30.2 Å². The Morgan fingerprint density at radius 3 is 2.94 bits per heavy atom. The second-order valence-electron chi connectivity index (χ2n) is 5.60. The molecule has 0 spiro atoms. The van der Waals surface area contributed by atoms with Crippen molar-refractivity contribution >= 4 is 5.65 Å². The molecule has 0 aliphatic heterocycles. The largest absolute Gasteiger partial charge is 0.307 e. The van der Waals surface area contributed by atoms with Gasteiger partial charge in [-0.25, -0.2) is 0 Å². The van der Waals surface area contributed by atoms with Gasteiger partial charge in [0.25, 0.3) is 0 Å². The molecule has 2 aromatic heterocycles. The van der Waals surface area contributed by atoms with Crippen LogP contribution < -0.4 is 5.32 Å². The summed E-state index contributed by atoms with van der Waals surface area (Å²) < 4.78 is 2.05. The number of nitrogens with one attached hydrogen (secondary N) is 1. The summed E-state index contributed by atoms with van der Waals surface area (Å²) in [5.41, 5.74) is 0.919. The van der Waals surface area contributed by atoms with Gasteiger partial charge in [0.05, 0.1) is 6.54 Å². The fourth-order valence-electron chi connectivity index (χ4n) is 2.62. The zero-order valence-electron chi connectivity index (χ0n) is 11.0. The maximum absolute atomic E-state index is 4.23. The molecule has 4 heteroatoms. The number of fused-ring (bicyclic) bond motifs is 1. The second kappa shape index (κ2) is 4.69. The van der Waals surface area contributed by atoms with Crippen molar-refractivity contribution in [1.82, 2.24) is 19.9 Å². The zero-order valence-corrected chi connectivity index (χ0v) is 11.0. The predicted molar refractivity (Wildman–Crippen MR) is 71.2 cm³/mol. The summed E-state index contributed by atoms with van der Waals surface area (Å²) >= 11 is 0. The van der Waals surface area contributed by atoms with Gasteiger partial charge in [-0.1, -0.05) is 19.9 Å². The highest BCUT2D eigenvalue weighted by Crippen LogP contribution is 2.33. The van der Waals surface area contributed by atoms with Crippen LogP contribution in [0.4, 0.5) is 0 Å². The monoisotopic (exact) mass is 244 g/mol. The minimum Gasteiger partial charge on any atom is -0.307 e. The molecule has 0 aromatic carbocycles. The van der Waals surface area contributed by atoms with E-state index in [2.05, 4.69) is 29.4 Å². The molecule has 18 heavy (non-hydrogen) atoms. The summed E-state index contributed by atoms with van der Waals surface area (Å²) in [5, 5.41) is 12.0. The van der Waals surface area contributed by atoms with Gasteiger partial charge in [-0.3, -0.25) is 4.40 Å². The molecule has 0 saturated heterocycles. The average Bonchev–Trinajstić information content (AvgIpc) is 2.70. The van der Waals surface area contributed by atoms with Crippen LogP contribution in [0, 0.1) is 11.8 Å². The van der Waals surface area contributed by atoms with Crippen molar-refractivity contribution in [3.63, 3.8) is 0 Å². The lowest BCUT2D eigenvalue weighted by Gasteiger charge is -2.38. The van der Waals surface area contributed by atoms with E-state index in [-0.39, 0.29) is 0 Å². The fourth-order valence-corrected chi connectivity index (χ4v) is 2.62. The second-order valence-corrected chi connectivity index (χ2v) is 5.60. The van der Waals surface area contributed by atoms with Crippen molar-refractivity contribution in [2.75, 3.05) is 0 Å². The van der Waals surface area contributed by atoms with E-state index in [1.807, 2.05) is 28.8 Å². The van der Waals surface area contributed by atoms with Crippen LogP contribution in [0.15, 0.2) is 24.4 Å². The summed E-state index contributed by atoms with van der Waals surface area (Å²) in [6, 6.07) is 6.64. The highest BCUT2D eigenvalue weighted by molar-refractivity contribution is 5.36. The molecule has 1 N–H and O–H groups in total. The van der Waals surface area contributed by atoms with E-state index in [1.54, 1.807) is 0 Å². The van der Waals surface area contributed by atoms with Gasteiger partial charge in [-0.15, -0.1) is 10.2 Å². The first-order valence-corrected chi connectivity index (χ1v) is 6.76. The Balaban J connectivity index is 1.58. The van der Waals surface area contributed by atoms with Crippen LogP contribution in [-0.2, 0) is 6.54 Å². The quantitative estimate of drug-likeness (QED) is 0.897. The van der Waals surface area contributed by atoms with E-state index < -0.39 is 0 Å². The highest BCUT2D eigenvalue weighted by Gasteiger charge is 2.30. The van der Waals surface area contributed by atoms with E-state index in [4.69, 9.17) is 0 Å². The number of aromatic nitrogens is 3. The fraction of sp³-hybridized carbons (Fsp3) is 0.571. The molecule has 0 atom stereocenters. The first-order valence-electron chi connectivity index (χ1n) is 6.76. The van der Waals surface area contributed by atoms with E-state index in [0.29, 0.717) is 6.04 Å². The molecule has 0 unspecified atom stereocenters. The molecule has 3 rings (SSSR count). The van der Waals surface area contributed by atoms with Crippen LogP contribution in [-0.4, -0.2) is 20.6 Å². The lowest BCUT2D eigenvalue weighted by atomic mass is 9.74. The van der Waals surface area contributed by atoms with Crippen molar-refractivity contribution < 1.29 is 0 Å². The third-order valence-electron chi connectivity index (χ3n) is 4.05. The van der Waals surface area contributed by atoms with Crippen molar-refractivity contribution in [3.8, 4) is 0 Å². The molecular formula is C14H20N4. The van der Waals surface area contributed by atoms with Crippen LogP contribution in [0.2, 0.25) is 0 Å². The molecule has 2 aromatic rings. The number of hydrogen-bond acceptors (Lipinski definition) is 3. The third kappa shape index (κ3) is 2.12. The Morgan fingerprint density at radius 1 is 1.33 bits per heavy atom. The molecule has 1 aliphatic carbocycles. The molecule has 2 heterocycles. The van der Waals surface area contributed by atoms with Gasteiger partial charge in [-0.05, 0) is 36.8 Å². The maximum Gasteiger partial charge on any atom is 0.160 e. The molecule has 4 nitrogen and oxygen atoms in total. The topological polar surface area (TPSA) is 42.2 Å². The molecule has 0 amide bonds. The Labute approximate surface area is 107 Å². The van der Waals surface area contributed by atoms with Crippen LogP contribution >= 0.6 is 0 Å². The maximum atomic E-state index is 4.23. The predicted octanol–water partition coefficient (Wildman–Crippen LogP) is 2.25. The number of rotatable bonds is 4. The Kier molecular flexibility index (Phi) is 3.04. The normalized spacial score (nSPS) is 23.5. The average molecular weight is 244 g/mol.